The fourth-order valence-electron chi connectivity index (χ4n) is 7.25. The fraction of sp³-hybridized carbons (Fsp3) is 0.953. The number of carbonyl (C=O) groups excluding carboxylic acids is 2. The van der Waals surface area contributed by atoms with Crippen LogP contribution in [0.25, 0.3) is 0 Å². The van der Waals surface area contributed by atoms with Crippen LogP contribution in [0.5, 0.6) is 0 Å². The molecule has 2 saturated heterocycles. The second-order valence-corrected chi connectivity index (χ2v) is 16.2. The van der Waals surface area contributed by atoms with Crippen molar-refractivity contribution in [3.05, 3.63) is 0 Å². The minimum absolute atomic E-state index is 0.171. The minimum atomic E-state index is -1.76. The molecule has 15 nitrogen and oxygen atoms in total. The van der Waals surface area contributed by atoms with E-state index in [1.165, 1.54) is 103 Å². The minimum Gasteiger partial charge on any atom is -0.462 e. The first-order chi connectivity index (χ1) is 28.0. The summed E-state index contributed by atoms with van der Waals surface area (Å²) >= 11 is 0. The SMILES string of the molecule is CCCCCCCCCCCCCCCCCCCCCCC(=O)OC(COC(=O)CCCC)COC1OC(COC2OC(CO)C(O)C(O)C2O)C(O)C(O)C1O. The molecule has 2 heterocycles. The molecule has 11 unspecified atom stereocenters. The van der Waals surface area contributed by atoms with Crippen molar-refractivity contribution in [2.24, 2.45) is 0 Å². The van der Waals surface area contributed by atoms with Gasteiger partial charge in [-0.3, -0.25) is 9.59 Å². The number of hydrogen-bond donors (Lipinski definition) is 7. The summed E-state index contributed by atoms with van der Waals surface area (Å²) in [5.41, 5.74) is 0. The first-order valence-electron chi connectivity index (χ1n) is 22.6. The Hall–Kier alpha value is -1.50. The number of hydrogen-bond acceptors (Lipinski definition) is 15. The molecule has 0 aromatic heterocycles. The summed E-state index contributed by atoms with van der Waals surface area (Å²) < 4.78 is 33.1. The number of unbranched alkanes of at least 4 members (excludes halogenated alkanes) is 20. The highest BCUT2D eigenvalue weighted by atomic mass is 16.7. The first-order valence-corrected chi connectivity index (χ1v) is 22.6. The van der Waals surface area contributed by atoms with Gasteiger partial charge in [-0.25, -0.2) is 0 Å². The predicted octanol–water partition coefficient (Wildman–Crippen LogP) is 4.48. The summed E-state index contributed by atoms with van der Waals surface area (Å²) in [7, 11) is 0. The van der Waals surface area contributed by atoms with Gasteiger partial charge in [0.2, 0.25) is 0 Å². The number of aliphatic hydroxyl groups is 7. The van der Waals surface area contributed by atoms with E-state index < -0.39 is 92.7 Å². The largest absolute Gasteiger partial charge is 0.462 e. The lowest BCUT2D eigenvalue weighted by Crippen LogP contribution is -2.61. The van der Waals surface area contributed by atoms with Crippen LogP contribution in [0.1, 0.15) is 168 Å². The molecule has 0 aromatic rings. The number of esters is 2. The van der Waals surface area contributed by atoms with Crippen molar-refractivity contribution in [3.63, 3.8) is 0 Å². The van der Waals surface area contributed by atoms with Crippen molar-refractivity contribution >= 4 is 11.9 Å². The molecule has 0 amide bonds. The number of aliphatic hydroxyl groups excluding tert-OH is 7. The van der Waals surface area contributed by atoms with Gasteiger partial charge in [-0.2, -0.15) is 0 Å². The molecule has 0 radical (unpaired) electrons. The topological polar surface area (TPSA) is 231 Å². The van der Waals surface area contributed by atoms with Gasteiger partial charge in [-0.15, -0.1) is 0 Å². The Morgan fingerprint density at radius 1 is 0.483 bits per heavy atom. The molecule has 2 fully saturated rings. The zero-order valence-corrected chi connectivity index (χ0v) is 35.5. The zero-order chi connectivity index (χ0) is 42.5. The molecule has 2 aliphatic rings. The number of carbonyl (C=O) groups is 2. The van der Waals surface area contributed by atoms with Crippen LogP contribution in [0.2, 0.25) is 0 Å². The number of ether oxygens (including phenoxy) is 6. The molecular weight excluding hydrogens is 756 g/mol. The number of rotatable bonds is 34. The van der Waals surface area contributed by atoms with E-state index in [0.29, 0.717) is 12.8 Å². The molecule has 15 heteroatoms. The second kappa shape index (κ2) is 32.2. The molecule has 0 saturated carbocycles. The van der Waals surface area contributed by atoms with Crippen LogP contribution < -0.4 is 0 Å². The highest BCUT2D eigenvalue weighted by molar-refractivity contribution is 5.70. The Bertz CT molecular complexity index is 1030. The predicted molar refractivity (Wildman–Crippen MR) is 215 cm³/mol. The fourth-order valence-corrected chi connectivity index (χ4v) is 7.25. The lowest BCUT2D eigenvalue weighted by Gasteiger charge is -2.42. The summed E-state index contributed by atoms with van der Waals surface area (Å²) in [5, 5.41) is 71.4. The Morgan fingerprint density at radius 3 is 1.38 bits per heavy atom. The highest BCUT2D eigenvalue weighted by Gasteiger charge is 2.47. The van der Waals surface area contributed by atoms with Crippen molar-refractivity contribution in [3.8, 4) is 0 Å². The van der Waals surface area contributed by atoms with E-state index in [9.17, 15) is 45.3 Å². The molecule has 342 valence electrons. The van der Waals surface area contributed by atoms with Gasteiger partial charge in [0, 0.05) is 12.8 Å². The van der Waals surface area contributed by atoms with Gasteiger partial charge in [0.05, 0.1) is 19.8 Å². The Morgan fingerprint density at radius 2 is 0.897 bits per heavy atom. The van der Waals surface area contributed by atoms with Crippen LogP contribution in [-0.2, 0) is 38.0 Å². The van der Waals surface area contributed by atoms with Crippen LogP contribution >= 0.6 is 0 Å². The van der Waals surface area contributed by atoms with Crippen LogP contribution in [0.4, 0.5) is 0 Å². The Labute approximate surface area is 347 Å². The van der Waals surface area contributed by atoms with Crippen molar-refractivity contribution in [1.29, 1.82) is 0 Å². The van der Waals surface area contributed by atoms with Crippen LogP contribution in [0.15, 0.2) is 0 Å². The van der Waals surface area contributed by atoms with Crippen LogP contribution in [0.3, 0.4) is 0 Å². The van der Waals surface area contributed by atoms with Gasteiger partial charge < -0.3 is 64.2 Å². The third kappa shape index (κ3) is 21.3. The molecule has 11 atom stereocenters. The van der Waals surface area contributed by atoms with Crippen LogP contribution in [0, 0.1) is 0 Å². The molecule has 0 bridgehead atoms. The average Bonchev–Trinajstić information content (AvgIpc) is 3.22. The van der Waals surface area contributed by atoms with Gasteiger partial charge in [0.1, 0.15) is 55.4 Å². The molecule has 58 heavy (non-hydrogen) atoms. The third-order valence-electron chi connectivity index (χ3n) is 11.1. The zero-order valence-electron chi connectivity index (χ0n) is 35.5. The van der Waals surface area contributed by atoms with Crippen LogP contribution in [-0.4, -0.2) is 142 Å². The van der Waals surface area contributed by atoms with E-state index in [-0.39, 0.29) is 26.1 Å². The van der Waals surface area contributed by atoms with Gasteiger partial charge in [0.25, 0.3) is 0 Å². The normalized spacial score (nSPS) is 28.0. The van der Waals surface area contributed by atoms with E-state index in [1.807, 2.05) is 6.92 Å². The molecular formula is C43H80O15. The standard InChI is InChI=1S/C43H80O15/c1-3-5-7-8-9-10-11-12-13-14-15-16-17-18-19-20-21-22-23-24-26-35(46)56-31(28-53-34(45)25-6-4-2)29-54-42-41(52)39(50)37(48)33(58-42)30-55-43-40(51)38(49)36(47)32(27-44)57-43/h31-33,36-44,47-52H,3-30H2,1-2H3. The first kappa shape index (κ1) is 52.6. The summed E-state index contributed by atoms with van der Waals surface area (Å²) in [6, 6.07) is 0. The van der Waals surface area contributed by atoms with Crippen molar-refractivity contribution < 1.29 is 73.8 Å². The molecule has 0 aromatic carbocycles. The smallest absolute Gasteiger partial charge is 0.306 e. The lowest BCUT2D eigenvalue weighted by atomic mass is 9.98. The van der Waals surface area contributed by atoms with Gasteiger partial charge in [-0.1, -0.05) is 142 Å². The average molecular weight is 837 g/mol. The van der Waals surface area contributed by atoms with E-state index >= 15 is 0 Å². The van der Waals surface area contributed by atoms with Gasteiger partial charge in [-0.05, 0) is 12.8 Å². The maximum Gasteiger partial charge on any atom is 0.306 e. The molecule has 2 aliphatic heterocycles. The summed E-state index contributed by atoms with van der Waals surface area (Å²) in [4.78, 5) is 25.0. The Kier molecular flexibility index (Phi) is 29.3. The molecule has 7 N–H and O–H groups in total. The molecule has 0 spiro atoms. The van der Waals surface area contributed by atoms with E-state index in [0.717, 1.165) is 25.7 Å². The molecule has 0 aliphatic carbocycles. The van der Waals surface area contributed by atoms with Crippen molar-refractivity contribution in [1.82, 2.24) is 0 Å². The monoisotopic (exact) mass is 837 g/mol. The lowest BCUT2D eigenvalue weighted by molar-refractivity contribution is -0.332. The van der Waals surface area contributed by atoms with E-state index in [1.54, 1.807) is 0 Å². The van der Waals surface area contributed by atoms with Crippen molar-refractivity contribution in [2.45, 2.75) is 235 Å². The third-order valence-corrected chi connectivity index (χ3v) is 11.1. The maximum absolute atomic E-state index is 12.8. The quantitative estimate of drug-likeness (QED) is 0.0350. The summed E-state index contributed by atoms with van der Waals surface area (Å²) in [5.74, 6) is -0.957. The summed E-state index contributed by atoms with van der Waals surface area (Å²) in [6.07, 6.45) is 10.1. The summed E-state index contributed by atoms with van der Waals surface area (Å²) in [6.45, 7) is 2.32. The molecule has 2 rings (SSSR count). The van der Waals surface area contributed by atoms with Gasteiger partial charge in [0.15, 0.2) is 18.7 Å². The van der Waals surface area contributed by atoms with E-state index in [4.69, 9.17) is 28.4 Å². The Balaban J connectivity index is 1.69. The second-order valence-electron chi connectivity index (χ2n) is 16.2. The van der Waals surface area contributed by atoms with Gasteiger partial charge >= 0.3 is 11.9 Å². The van der Waals surface area contributed by atoms with Crippen molar-refractivity contribution in [2.75, 3.05) is 26.4 Å². The highest BCUT2D eigenvalue weighted by Crippen LogP contribution is 2.26. The maximum atomic E-state index is 12.8. The van der Waals surface area contributed by atoms with E-state index in [2.05, 4.69) is 6.92 Å².